The monoisotopic (exact) mass is 381 g/mol. The molecule has 0 spiro atoms. The first kappa shape index (κ1) is 21.2. The number of amides is 1. The Morgan fingerprint density at radius 2 is 1.85 bits per heavy atom. The maximum Gasteiger partial charge on any atom is 0.410 e. The maximum absolute atomic E-state index is 12.6. The second-order valence-corrected chi connectivity index (χ2v) is 9.34. The number of nitrogens with one attached hydrogen (secondary N) is 1. The van der Waals surface area contributed by atoms with Gasteiger partial charge in [-0.2, -0.15) is 0 Å². The van der Waals surface area contributed by atoms with E-state index in [1.165, 1.54) is 10.8 Å². The highest BCUT2D eigenvalue weighted by Crippen LogP contribution is 2.29. The van der Waals surface area contributed by atoms with Crippen LogP contribution in [0.1, 0.15) is 59.8 Å². The summed E-state index contributed by atoms with van der Waals surface area (Å²) >= 11 is 0. The summed E-state index contributed by atoms with van der Waals surface area (Å²) < 4.78 is 13.0. The first-order valence-electron chi connectivity index (χ1n) is 9.21. The molecular weight excluding hydrogens is 350 g/mol. The molecule has 0 unspecified atom stereocenters. The van der Waals surface area contributed by atoms with Gasteiger partial charge >= 0.3 is 11.8 Å². The molecule has 27 heavy (non-hydrogen) atoms. The van der Waals surface area contributed by atoms with Gasteiger partial charge in [-0.1, -0.05) is 20.8 Å². The maximum atomic E-state index is 12.6. The molecule has 0 saturated carbocycles. The highest BCUT2D eigenvalue weighted by atomic mass is 16.6. The van der Waals surface area contributed by atoms with Gasteiger partial charge in [0, 0.05) is 11.8 Å². The molecule has 0 bridgehead atoms. The minimum atomic E-state index is -0.693. The van der Waals surface area contributed by atoms with E-state index in [-0.39, 0.29) is 18.1 Å². The number of carbonyl (C=O) groups is 1. The molecule has 0 radical (unpaired) electrons. The minimum Gasteiger partial charge on any atom is -0.444 e. The molecule has 1 fully saturated rings. The van der Waals surface area contributed by atoms with Crippen molar-refractivity contribution in [2.75, 3.05) is 13.1 Å². The van der Waals surface area contributed by atoms with Crippen molar-refractivity contribution in [3.05, 3.63) is 32.6 Å². The smallest absolute Gasteiger partial charge is 0.410 e. The van der Waals surface area contributed by atoms with Crippen LogP contribution in [-0.4, -0.2) is 45.3 Å². The molecule has 0 aromatic carbocycles. The summed E-state index contributed by atoms with van der Waals surface area (Å²) in [6, 6.07) is 0. The molecule has 0 aliphatic carbocycles. The molecule has 1 aromatic heterocycles. The molecular formula is C19H31N3O5. The fourth-order valence-electron chi connectivity index (χ4n) is 3.04. The largest absolute Gasteiger partial charge is 0.444 e. The fourth-order valence-corrected chi connectivity index (χ4v) is 3.04. The summed E-state index contributed by atoms with van der Waals surface area (Å²) in [5.74, 6) is 0. The third-order valence-electron chi connectivity index (χ3n) is 4.10. The number of morpholine rings is 1. The minimum absolute atomic E-state index is 0.0158. The first-order chi connectivity index (χ1) is 12.2. The summed E-state index contributed by atoms with van der Waals surface area (Å²) in [5.41, 5.74) is -1.22. The van der Waals surface area contributed by atoms with Gasteiger partial charge in [-0.3, -0.25) is 14.3 Å². The van der Waals surface area contributed by atoms with Crippen molar-refractivity contribution in [1.82, 2.24) is 14.5 Å². The zero-order valence-corrected chi connectivity index (χ0v) is 17.3. The van der Waals surface area contributed by atoms with E-state index in [2.05, 4.69) is 25.8 Å². The van der Waals surface area contributed by atoms with Crippen LogP contribution >= 0.6 is 0 Å². The molecule has 152 valence electrons. The lowest BCUT2D eigenvalue weighted by Crippen LogP contribution is -2.52. The van der Waals surface area contributed by atoms with E-state index >= 15 is 0 Å². The third-order valence-corrected chi connectivity index (χ3v) is 4.10. The predicted molar refractivity (Wildman–Crippen MR) is 102 cm³/mol. The van der Waals surface area contributed by atoms with E-state index in [4.69, 9.17) is 9.47 Å². The Labute approximate surface area is 159 Å². The predicted octanol–water partition coefficient (Wildman–Crippen LogP) is 2.42. The van der Waals surface area contributed by atoms with Crippen LogP contribution in [0.5, 0.6) is 0 Å². The van der Waals surface area contributed by atoms with Crippen LogP contribution in [0.15, 0.2) is 15.8 Å². The van der Waals surface area contributed by atoms with E-state index in [9.17, 15) is 14.4 Å². The average molecular weight is 381 g/mol. The highest BCUT2D eigenvalue weighted by Gasteiger charge is 2.36. The van der Waals surface area contributed by atoms with Crippen LogP contribution in [0.2, 0.25) is 0 Å². The molecule has 1 aromatic rings. The summed E-state index contributed by atoms with van der Waals surface area (Å²) in [5, 5.41) is 0. The molecule has 1 N–H and O–H groups in total. The summed E-state index contributed by atoms with van der Waals surface area (Å²) in [6.07, 6.45) is 0.791. The van der Waals surface area contributed by atoms with E-state index in [0.29, 0.717) is 18.5 Å². The average Bonchev–Trinajstić information content (AvgIpc) is 2.47. The van der Waals surface area contributed by atoms with Gasteiger partial charge in [0.15, 0.2) is 6.23 Å². The summed E-state index contributed by atoms with van der Waals surface area (Å²) in [4.78, 5) is 40.4. The number of rotatable bonds is 2. The van der Waals surface area contributed by atoms with Crippen molar-refractivity contribution in [2.24, 2.45) is 5.41 Å². The molecule has 2 atom stereocenters. The van der Waals surface area contributed by atoms with Gasteiger partial charge in [0.25, 0.3) is 5.56 Å². The molecule has 8 nitrogen and oxygen atoms in total. The van der Waals surface area contributed by atoms with Crippen LogP contribution in [0, 0.1) is 12.3 Å². The number of hydrogen-bond donors (Lipinski definition) is 1. The highest BCUT2D eigenvalue weighted by molar-refractivity contribution is 5.68. The van der Waals surface area contributed by atoms with Gasteiger partial charge in [-0.05, 0) is 39.5 Å². The van der Waals surface area contributed by atoms with E-state index in [1.54, 1.807) is 11.8 Å². The Hall–Kier alpha value is -2.09. The van der Waals surface area contributed by atoms with Crippen molar-refractivity contribution < 1.29 is 14.3 Å². The first-order valence-corrected chi connectivity index (χ1v) is 9.21. The van der Waals surface area contributed by atoms with Crippen LogP contribution in [0.3, 0.4) is 0 Å². The van der Waals surface area contributed by atoms with Gasteiger partial charge in [0.2, 0.25) is 0 Å². The van der Waals surface area contributed by atoms with E-state index in [1.807, 2.05) is 20.8 Å². The van der Waals surface area contributed by atoms with Crippen molar-refractivity contribution in [1.29, 1.82) is 0 Å². The quantitative estimate of drug-likeness (QED) is 0.849. The SMILES string of the molecule is Cc1cn([C@H]2CN(C(=O)OC(C)(C)C)C[C@@H](CC(C)(C)C)O2)c(=O)[nH]c1=O. The van der Waals surface area contributed by atoms with E-state index in [0.717, 1.165) is 0 Å². The number of ether oxygens (including phenoxy) is 2. The second kappa shape index (κ2) is 7.50. The van der Waals surface area contributed by atoms with Crippen LogP contribution in [0.25, 0.3) is 0 Å². The van der Waals surface area contributed by atoms with Crippen LogP contribution in [-0.2, 0) is 9.47 Å². The molecule has 2 rings (SSSR count). The number of aromatic amines is 1. The Morgan fingerprint density at radius 3 is 2.41 bits per heavy atom. The fraction of sp³-hybridized carbons (Fsp3) is 0.737. The standard InChI is InChI=1S/C19H31N3O5/c1-12-9-22(16(24)20-15(12)23)14-11-21(17(25)27-19(5,6)7)10-13(26-14)8-18(2,3)4/h9,13-14H,8,10-11H2,1-7H3,(H,20,23,24)/t13-,14-/m1/s1. The lowest BCUT2D eigenvalue weighted by atomic mass is 9.88. The molecule has 1 aliphatic heterocycles. The Morgan fingerprint density at radius 1 is 1.22 bits per heavy atom. The van der Waals surface area contributed by atoms with Crippen molar-refractivity contribution in [3.8, 4) is 0 Å². The van der Waals surface area contributed by atoms with Crippen LogP contribution in [0.4, 0.5) is 4.79 Å². The molecule has 1 amide bonds. The van der Waals surface area contributed by atoms with Crippen molar-refractivity contribution in [2.45, 2.75) is 72.8 Å². The number of aromatic nitrogens is 2. The van der Waals surface area contributed by atoms with Gasteiger partial charge in [0.05, 0.1) is 19.2 Å². The van der Waals surface area contributed by atoms with Gasteiger partial charge in [-0.25, -0.2) is 9.59 Å². The summed E-state index contributed by atoms with van der Waals surface area (Å²) in [7, 11) is 0. The Kier molecular flexibility index (Phi) is 5.89. The molecule has 2 heterocycles. The van der Waals surface area contributed by atoms with Gasteiger partial charge in [-0.15, -0.1) is 0 Å². The molecule has 8 heteroatoms. The topological polar surface area (TPSA) is 93.6 Å². The Balaban J connectivity index is 2.33. The number of carbonyl (C=O) groups excluding carboxylic acids is 1. The Bertz CT molecular complexity index is 797. The summed E-state index contributed by atoms with van der Waals surface area (Å²) in [6.45, 7) is 13.9. The second-order valence-electron chi connectivity index (χ2n) is 9.34. The normalized spacial score (nSPS) is 21.2. The van der Waals surface area contributed by atoms with Crippen molar-refractivity contribution in [3.63, 3.8) is 0 Å². The lowest BCUT2D eigenvalue weighted by Gasteiger charge is -2.40. The van der Waals surface area contributed by atoms with Crippen molar-refractivity contribution >= 4 is 6.09 Å². The van der Waals surface area contributed by atoms with Gasteiger partial charge in [0.1, 0.15) is 5.60 Å². The van der Waals surface area contributed by atoms with Gasteiger partial charge < -0.3 is 14.4 Å². The molecule has 1 aliphatic rings. The number of nitrogens with zero attached hydrogens (tertiary/aromatic N) is 2. The number of H-pyrrole nitrogens is 1. The lowest BCUT2D eigenvalue weighted by molar-refractivity contribution is -0.130. The number of aryl methyl sites for hydroxylation is 1. The third kappa shape index (κ3) is 5.95. The number of hydrogen-bond acceptors (Lipinski definition) is 5. The zero-order valence-electron chi connectivity index (χ0n) is 17.3. The van der Waals surface area contributed by atoms with Crippen LogP contribution < -0.4 is 11.2 Å². The zero-order chi connectivity index (χ0) is 20.6. The van der Waals surface area contributed by atoms with E-state index < -0.39 is 29.2 Å². The molecule has 1 saturated heterocycles.